The van der Waals surface area contributed by atoms with Crippen molar-refractivity contribution < 1.29 is 9.59 Å². The minimum absolute atomic E-state index is 0.000908. The third-order valence-electron chi connectivity index (χ3n) is 4.67. The Bertz CT molecular complexity index is 645. The molecule has 0 saturated carbocycles. The molecular weight excluding hydrogens is 344 g/mol. The van der Waals surface area contributed by atoms with Crippen molar-refractivity contribution in [2.75, 3.05) is 19.6 Å². The van der Waals surface area contributed by atoms with Crippen molar-refractivity contribution in [3.05, 3.63) is 35.9 Å². The summed E-state index contributed by atoms with van der Waals surface area (Å²) in [6.45, 7) is 1.56. The number of hydrogen-bond acceptors (Lipinski definition) is 4. The van der Waals surface area contributed by atoms with Crippen molar-refractivity contribution in [1.29, 1.82) is 0 Å². The highest BCUT2D eigenvalue weighted by molar-refractivity contribution is 5.83. The summed E-state index contributed by atoms with van der Waals surface area (Å²) in [5.41, 5.74) is 17.7. The van der Waals surface area contributed by atoms with E-state index in [4.69, 9.17) is 17.2 Å². The molecular formula is C19H30N6O2. The van der Waals surface area contributed by atoms with Gasteiger partial charge in [0.05, 0.1) is 6.04 Å². The van der Waals surface area contributed by atoms with Gasteiger partial charge in [-0.1, -0.05) is 30.3 Å². The lowest BCUT2D eigenvalue weighted by molar-refractivity contribution is -0.134. The fourth-order valence-electron chi connectivity index (χ4n) is 3.27. The number of benzene rings is 1. The lowest BCUT2D eigenvalue weighted by atomic mass is 10.1. The number of carbonyl (C=O) groups is 2. The number of likely N-dealkylation sites (tertiary alicyclic amines) is 1. The van der Waals surface area contributed by atoms with Crippen molar-refractivity contribution in [2.45, 2.75) is 44.2 Å². The van der Waals surface area contributed by atoms with Gasteiger partial charge in [0.25, 0.3) is 0 Å². The van der Waals surface area contributed by atoms with Crippen molar-refractivity contribution in [3.8, 4) is 0 Å². The zero-order valence-corrected chi connectivity index (χ0v) is 15.6. The Kier molecular flexibility index (Phi) is 8.06. The van der Waals surface area contributed by atoms with Crippen LogP contribution < -0.4 is 22.5 Å². The first kappa shape index (κ1) is 20.7. The Labute approximate surface area is 160 Å². The first-order valence-electron chi connectivity index (χ1n) is 9.39. The van der Waals surface area contributed by atoms with E-state index in [0.29, 0.717) is 38.9 Å². The van der Waals surface area contributed by atoms with E-state index in [1.807, 2.05) is 35.2 Å². The molecule has 0 unspecified atom stereocenters. The quantitative estimate of drug-likeness (QED) is 0.267. The largest absolute Gasteiger partial charge is 0.370 e. The molecule has 0 bridgehead atoms. The van der Waals surface area contributed by atoms with E-state index < -0.39 is 6.04 Å². The lowest BCUT2D eigenvalue weighted by Gasteiger charge is -2.27. The van der Waals surface area contributed by atoms with Gasteiger partial charge < -0.3 is 27.4 Å². The van der Waals surface area contributed by atoms with Gasteiger partial charge in [-0.15, -0.1) is 0 Å². The minimum Gasteiger partial charge on any atom is -0.370 e. The van der Waals surface area contributed by atoms with E-state index in [-0.39, 0.29) is 23.8 Å². The molecule has 1 aromatic rings. The van der Waals surface area contributed by atoms with Gasteiger partial charge >= 0.3 is 0 Å². The summed E-state index contributed by atoms with van der Waals surface area (Å²) >= 11 is 0. The van der Waals surface area contributed by atoms with Crippen LogP contribution in [0, 0.1) is 0 Å². The van der Waals surface area contributed by atoms with Gasteiger partial charge in [-0.2, -0.15) is 0 Å². The highest BCUT2D eigenvalue weighted by Gasteiger charge is 2.31. The molecule has 2 amide bonds. The molecule has 0 radical (unpaired) electrons. The molecule has 1 aliphatic heterocycles. The predicted octanol–water partition coefficient (Wildman–Crippen LogP) is -0.283. The van der Waals surface area contributed by atoms with Crippen LogP contribution in [-0.2, 0) is 16.0 Å². The van der Waals surface area contributed by atoms with Crippen molar-refractivity contribution in [1.82, 2.24) is 10.2 Å². The smallest absolute Gasteiger partial charge is 0.240 e. The third kappa shape index (κ3) is 6.90. The SMILES string of the molecule is NC(N)=NCCCC(=O)NC[C@@H]1CCCN1C(=O)[C@@H](N)Cc1ccccc1. The summed E-state index contributed by atoms with van der Waals surface area (Å²) in [6, 6.07) is 9.19. The van der Waals surface area contributed by atoms with Crippen molar-refractivity contribution >= 4 is 17.8 Å². The Morgan fingerprint density at radius 3 is 2.70 bits per heavy atom. The summed E-state index contributed by atoms with van der Waals surface area (Å²) in [5, 5.41) is 2.90. The van der Waals surface area contributed by atoms with E-state index in [2.05, 4.69) is 10.3 Å². The highest BCUT2D eigenvalue weighted by Crippen LogP contribution is 2.18. The number of aliphatic imine (C=N–C) groups is 1. The molecule has 27 heavy (non-hydrogen) atoms. The van der Waals surface area contributed by atoms with Crippen LogP contribution in [0.25, 0.3) is 0 Å². The molecule has 1 fully saturated rings. The standard InChI is InChI=1S/C19H30N6O2/c20-16(12-14-6-2-1-3-7-14)18(27)25-11-5-8-15(25)13-24-17(26)9-4-10-23-19(21)22/h1-3,6-7,15-16H,4-5,8-13,20H2,(H,24,26)(H4,21,22,23)/t15-,16-/m0/s1. The number of nitrogens with one attached hydrogen (secondary N) is 1. The van der Waals surface area contributed by atoms with E-state index in [9.17, 15) is 9.59 Å². The maximum atomic E-state index is 12.7. The summed E-state index contributed by atoms with van der Waals surface area (Å²) in [4.78, 5) is 30.3. The highest BCUT2D eigenvalue weighted by atomic mass is 16.2. The van der Waals surface area contributed by atoms with Crippen LogP contribution >= 0.6 is 0 Å². The first-order chi connectivity index (χ1) is 13.0. The van der Waals surface area contributed by atoms with Crippen LogP contribution in [0.2, 0.25) is 0 Å². The maximum Gasteiger partial charge on any atom is 0.240 e. The molecule has 148 valence electrons. The van der Waals surface area contributed by atoms with E-state index in [0.717, 1.165) is 18.4 Å². The fraction of sp³-hybridized carbons (Fsp3) is 0.526. The summed E-state index contributed by atoms with van der Waals surface area (Å²) in [6.07, 6.45) is 3.25. The number of carbonyl (C=O) groups excluding carboxylic acids is 2. The van der Waals surface area contributed by atoms with E-state index in [1.165, 1.54) is 0 Å². The monoisotopic (exact) mass is 374 g/mol. The van der Waals surface area contributed by atoms with Gasteiger partial charge in [0.1, 0.15) is 0 Å². The predicted molar refractivity (Wildman–Crippen MR) is 106 cm³/mol. The molecule has 1 saturated heterocycles. The van der Waals surface area contributed by atoms with Crippen LogP contribution in [0.1, 0.15) is 31.2 Å². The second-order valence-corrected chi connectivity index (χ2v) is 6.84. The number of hydrogen-bond donors (Lipinski definition) is 4. The van der Waals surface area contributed by atoms with Crippen LogP contribution in [0.3, 0.4) is 0 Å². The molecule has 2 atom stereocenters. The molecule has 7 N–H and O–H groups in total. The molecule has 8 heteroatoms. The molecule has 1 heterocycles. The van der Waals surface area contributed by atoms with Crippen LogP contribution in [-0.4, -0.2) is 54.4 Å². The van der Waals surface area contributed by atoms with Gasteiger partial charge in [-0.3, -0.25) is 14.6 Å². The average Bonchev–Trinajstić information content (AvgIpc) is 3.12. The van der Waals surface area contributed by atoms with Crippen LogP contribution in [0.15, 0.2) is 35.3 Å². The Morgan fingerprint density at radius 1 is 1.26 bits per heavy atom. The maximum absolute atomic E-state index is 12.7. The normalized spacial score (nSPS) is 17.4. The summed E-state index contributed by atoms with van der Waals surface area (Å²) < 4.78 is 0. The number of nitrogens with two attached hydrogens (primary N) is 3. The van der Waals surface area contributed by atoms with Gasteiger partial charge in [-0.05, 0) is 31.2 Å². The molecule has 1 aromatic carbocycles. The average molecular weight is 374 g/mol. The first-order valence-corrected chi connectivity index (χ1v) is 9.39. The Hall–Kier alpha value is -2.61. The second kappa shape index (κ2) is 10.5. The number of nitrogens with zero attached hydrogens (tertiary/aromatic N) is 2. The molecule has 0 aliphatic carbocycles. The summed E-state index contributed by atoms with van der Waals surface area (Å²) in [7, 11) is 0. The fourth-order valence-corrected chi connectivity index (χ4v) is 3.27. The molecule has 0 spiro atoms. The third-order valence-corrected chi connectivity index (χ3v) is 4.67. The molecule has 0 aromatic heterocycles. The minimum atomic E-state index is -0.566. The second-order valence-electron chi connectivity index (χ2n) is 6.84. The lowest BCUT2D eigenvalue weighted by Crippen LogP contribution is -2.50. The van der Waals surface area contributed by atoms with Gasteiger partial charge in [0.2, 0.25) is 11.8 Å². The van der Waals surface area contributed by atoms with Gasteiger partial charge in [-0.25, -0.2) is 0 Å². The summed E-state index contributed by atoms with van der Waals surface area (Å²) in [5.74, 6) is -0.0839. The van der Waals surface area contributed by atoms with E-state index in [1.54, 1.807) is 0 Å². The van der Waals surface area contributed by atoms with E-state index >= 15 is 0 Å². The van der Waals surface area contributed by atoms with Crippen molar-refractivity contribution in [2.24, 2.45) is 22.2 Å². The molecule has 1 aliphatic rings. The van der Waals surface area contributed by atoms with Crippen LogP contribution in [0.5, 0.6) is 0 Å². The zero-order valence-electron chi connectivity index (χ0n) is 15.6. The Balaban J connectivity index is 1.77. The zero-order chi connectivity index (χ0) is 19.6. The van der Waals surface area contributed by atoms with Crippen LogP contribution in [0.4, 0.5) is 0 Å². The molecule has 2 rings (SSSR count). The number of amides is 2. The number of rotatable bonds is 9. The topological polar surface area (TPSA) is 140 Å². The van der Waals surface area contributed by atoms with Crippen molar-refractivity contribution in [3.63, 3.8) is 0 Å². The Morgan fingerprint density at radius 2 is 2.00 bits per heavy atom. The number of guanidine groups is 1. The molecule has 8 nitrogen and oxygen atoms in total. The van der Waals surface area contributed by atoms with Gasteiger partial charge in [0.15, 0.2) is 5.96 Å². The van der Waals surface area contributed by atoms with Gasteiger partial charge in [0, 0.05) is 32.1 Å².